The zero-order valence-corrected chi connectivity index (χ0v) is 17.9. The van der Waals surface area contributed by atoms with Gasteiger partial charge < -0.3 is 14.8 Å². The Morgan fingerprint density at radius 3 is 2.34 bits per heavy atom. The fourth-order valence-electron chi connectivity index (χ4n) is 4.29. The van der Waals surface area contributed by atoms with E-state index >= 15 is 0 Å². The third kappa shape index (κ3) is 3.39. The standard InChI is InChI=1S/C26H23N3O3/c1-31-19-14-12-18(13-15-19)29-26-24(25(28-29)17-8-4-3-5-9-17)21(16-23(30)27-26)20-10-6-7-11-22(20)32-2/h3-15,21H,16H2,1-2H3,(H,27,30). The van der Waals surface area contributed by atoms with Crippen LogP contribution in [0.4, 0.5) is 5.82 Å². The van der Waals surface area contributed by atoms with Crippen LogP contribution in [-0.2, 0) is 4.79 Å². The molecule has 1 aromatic heterocycles. The van der Waals surface area contributed by atoms with Gasteiger partial charge in [0.15, 0.2) is 0 Å². The molecule has 0 aliphatic carbocycles. The van der Waals surface area contributed by atoms with Crippen molar-refractivity contribution in [2.24, 2.45) is 0 Å². The van der Waals surface area contributed by atoms with E-state index in [0.29, 0.717) is 12.2 Å². The van der Waals surface area contributed by atoms with Gasteiger partial charge in [0.2, 0.25) is 5.91 Å². The number of nitrogens with zero attached hydrogens (tertiary/aromatic N) is 2. The molecule has 1 unspecified atom stereocenters. The Bertz CT molecular complexity index is 1260. The monoisotopic (exact) mass is 425 g/mol. The summed E-state index contributed by atoms with van der Waals surface area (Å²) in [6, 6.07) is 25.5. The summed E-state index contributed by atoms with van der Waals surface area (Å²) in [5, 5.41) is 8.05. The predicted octanol–water partition coefficient (Wildman–Crippen LogP) is 5.03. The lowest BCUT2D eigenvalue weighted by Crippen LogP contribution is -2.25. The smallest absolute Gasteiger partial charge is 0.226 e. The number of carbonyl (C=O) groups is 1. The Balaban J connectivity index is 1.76. The highest BCUT2D eigenvalue weighted by Gasteiger charge is 2.35. The molecule has 3 aromatic carbocycles. The van der Waals surface area contributed by atoms with Gasteiger partial charge in [0.1, 0.15) is 17.3 Å². The minimum atomic E-state index is -0.183. The SMILES string of the molecule is COc1ccc(-n2nc(-c3ccccc3)c3c2NC(=O)CC3c2ccccc2OC)cc1. The van der Waals surface area contributed by atoms with E-state index in [4.69, 9.17) is 14.6 Å². The summed E-state index contributed by atoms with van der Waals surface area (Å²) in [5.74, 6) is 1.96. The maximum Gasteiger partial charge on any atom is 0.226 e. The van der Waals surface area contributed by atoms with Crippen molar-refractivity contribution in [2.45, 2.75) is 12.3 Å². The van der Waals surface area contributed by atoms with Crippen molar-refractivity contribution < 1.29 is 14.3 Å². The molecule has 2 heterocycles. The Morgan fingerprint density at radius 1 is 0.906 bits per heavy atom. The summed E-state index contributed by atoms with van der Waals surface area (Å²) in [6.45, 7) is 0. The van der Waals surface area contributed by atoms with Crippen LogP contribution in [0.5, 0.6) is 11.5 Å². The van der Waals surface area contributed by atoms with Crippen molar-refractivity contribution in [3.8, 4) is 28.4 Å². The molecule has 160 valence electrons. The highest BCUT2D eigenvalue weighted by atomic mass is 16.5. The predicted molar refractivity (Wildman–Crippen MR) is 124 cm³/mol. The number of fused-ring (bicyclic) bond motifs is 1. The minimum absolute atomic E-state index is 0.0531. The maximum atomic E-state index is 12.8. The number of hydrogen-bond acceptors (Lipinski definition) is 4. The van der Waals surface area contributed by atoms with Crippen molar-refractivity contribution in [3.05, 3.63) is 90.0 Å². The Morgan fingerprint density at radius 2 is 1.62 bits per heavy atom. The van der Waals surface area contributed by atoms with Gasteiger partial charge in [-0.2, -0.15) is 5.10 Å². The maximum absolute atomic E-state index is 12.8. The largest absolute Gasteiger partial charge is 0.497 e. The van der Waals surface area contributed by atoms with Crippen LogP contribution in [-0.4, -0.2) is 29.9 Å². The molecule has 5 rings (SSSR count). The second kappa shape index (κ2) is 8.23. The first-order valence-electron chi connectivity index (χ1n) is 10.4. The van der Waals surface area contributed by atoms with Crippen LogP contribution in [0.1, 0.15) is 23.5 Å². The molecule has 1 N–H and O–H groups in total. The zero-order valence-electron chi connectivity index (χ0n) is 17.9. The number of methoxy groups -OCH3 is 2. The number of amides is 1. The molecule has 0 radical (unpaired) electrons. The number of aromatic nitrogens is 2. The van der Waals surface area contributed by atoms with E-state index in [9.17, 15) is 4.79 Å². The molecule has 4 aromatic rings. The van der Waals surface area contributed by atoms with Gasteiger partial charge in [0, 0.05) is 29.0 Å². The number of hydrogen-bond donors (Lipinski definition) is 1. The molecular formula is C26H23N3O3. The van der Waals surface area contributed by atoms with Gasteiger partial charge >= 0.3 is 0 Å². The van der Waals surface area contributed by atoms with E-state index in [-0.39, 0.29) is 11.8 Å². The second-order valence-corrected chi connectivity index (χ2v) is 7.63. The van der Waals surface area contributed by atoms with Gasteiger partial charge in [0.25, 0.3) is 0 Å². The number of anilines is 1. The van der Waals surface area contributed by atoms with Gasteiger partial charge in [-0.05, 0) is 30.3 Å². The van der Waals surface area contributed by atoms with Gasteiger partial charge in [0.05, 0.1) is 25.6 Å². The van der Waals surface area contributed by atoms with Crippen LogP contribution in [0.25, 0.3) is 16.9 Å². The quantitative estimate of drug-likeness (QED) is 0.487. The molecule has 0 saturated heterocycles. The van der Waals surface area contributed by atoms with E-state index in [0.717, 1.165) is 39.6 Å². The lowest BCUT2D eigenvalue weighted by molar-refractivity contribution is -0.116. The van der Waals surface area contributed by atoms with Crippen molar-refractivity contribution in [1.82, 2.24) is 9.78 Å². The normalized spacial score (nSPS) is 15.1. The highest BCUT2D eigenvalue weighted by Crippen LogP contribution is 2.46. The van der Waals surface area contributed by atoms with E-state index in [2.05, 4.69) is 5.32 Å². The summed E-state index contributed by atoms with van der Waals surface area (Å²) >= 11 is 0. The molecule has 1 amide bonds. The fourth-order valence-corrected chi connectivity index (χ4v) is 4.29. The fraction of sp³-hybridized carbons (Fsp3) is 0.154. The lowest BCUT2D eigenvalue weighted by Gasteiger charge is -2.26. The van der Waals surface area contributed by atoms with Crippen molar-refractivity contribution in [2.75, 3.05) is 19.5 Å². The summed E-state index contributed by atoms with van der Waals surface area (Å²) in [5.41, 5.74) is 4.62. The van der Waals surface area contributed by atoms with Crippen molar-refractivity contribution in [3.63, 3.8) is 0 Å². The van der Waals surface area contributed by atoms with E-state index in [1.165, 1.54) is 0 Å². The third-order valence-corrected chi connectivity index (χ3v) is 5.80. The number of para-hydroxylation sites is 1. The zero-order chi connectivity index (χ0) is 22.1. The summed E-state index contributed by atoms with van der Waals surface area (Å²) in [6.07, 6.45) is 0.321. The molecule has 0 bridgehead atoms. The Kier molecular flexibility index (Phi) is 5.11. The molecule has 0 saturated carbocycles. The number of ether oxygens (including phenoxy) is 2. The van der Waals surface area contributed by atoms with Crippen LogP contribution in [0, 0.1) is 0 Å². The molecule has 6 heteroatoms. The average Bonchev–Trinajstić information content (AvgIpc) is 3.23. The molecule has 0 fully saturated rings. The minimum Gasteiger partial charge on any atom is -0.497 e. The van der Waals surface area contributed by atoms with Crippen LogP contribution in [0.3, 0.4) is 0 Å². The van der Waals surface area contributed by atoms with Gasteiger partial charge in [-0.25, -0.2) is 4.68 Å². The average molecular weight is 425 g/mol. The Hall–Kier alpha value is -4.06. The Labute approximate surface area is 186 Å². The van der Waals surface area contributed by atoms with Gasteiger partial charge in [-0.1, -0.05) is 48.5 Å². The highest BCUT2D eigenvalue weighted by molar-refractivity contribution is 5.96. The molecule has 1 aliphatic heterocycles. The number of benzene rings is 3. The molecule has 6 nitrogen and oxygen atoms in total. The summed E-state index contributed by atoms with van der Waals surface area (Å²) < 4.78 is 12.7. The third-order valence-electron chi connectivity index (χ3n) is 5.80. The van der Waals surface area contributed by atoms with Crippen LogP contribution in [0.15, 0.2) is 78.9 Å². The van der Waals surface area contributed by atoms with Gasteiger partial charge in [-0.15, -0.1) is 0 Å². The van der Waals surface area contributed by atoms with E-state index in [1.54, 1.807) is 18.9 Å². The lowest BCUT2D eigenvalue weighted by atomic mass is 9.84. The molecule has 0 spiro atoms. The van der Waals surface area contributed by atoms with Crippen LogP contribution < -0.4 is 14.8 Å². The van der Waals surface area contributed by atoms with Crippen molar-refractivity contribution in [1.29, 1.82) is 0 Å². The molecule has 1 atom stereocenters. The number of nitrogens with one attached hydrogen (secondary N) is 1. The van der Waals surface area contributed by atoms with E-state index in [1.807, 2.05) is 78.9 Å². The van der Waals surface area contributed by atoms with E-state index < -0.39 is 0 Å². The first kappa shape index (κ1) is 19.9. The first-order valence-corrected chi connectivity index (χ1v) is 10.4. The van der Waals surface area contributed by atoms with Gasteiger partial charge in [-0.3, -0.25) is 4.79 Å². The van der Waals surface area contributed by atoms with Crippen molar-refractivity contribution >= 4 is 11.7 Å². The topological polar surface area (TPSA) is 65.4 Å². The number of carbonyl (C=O) groups excluding carboxylic acids is 1. The summed E-state index contributed by atoms with van der Waals surface area (Å²) in [4.78, 5) is 12.8. The molecule has 32 heavy (non-hydrogen) atoms. The van der Waals surface area contributed by atoms with Crippen LogP contribution in [0.2, 0.25) is 0 Å². The molecule has 1 aliphatic rings. The summed E-state index contributed by atoms with van der Waals surface area (Å²) in [7, 11) is 3.29. The number of rotatable bonds is 5. The second-order valence-electron chi connectivity index (χ2n) is 7.63. The molecular weight excluding hydrogens is 402 g/mol. The van der Waals surface area contributed by atoms with Crippen LogP contribution >= 0.6 is 0 Å². The first-order chi connectivity index (χ1) is 15.7.